The molecule has 3 aromatic rings. The molecule has 1 saturated heterocycles. The normalized spacial score (nSPS) is 16.3. The number of carbonyl (C=O) groups is 3. The van der Waals surface area contributed by atoms with Crippen LogP contribution < -0.4 is 19.7 Å². The summed E-state index contributed by atoms with van der Waals surface area (Å²) in [5.74, 6) is 0.264. The van der Waals surface area contributed by atoms with E-state index in [1.165, 1.54) is 9.80 Å². The number of para-hydroxylation sites is 1. The van der Waals surface area contributed by atoms with Crippen LogP contribution in [0.5, 0.6) is 11.5 Å². The number of amides is 3. The van der Waals surface area contributed by atoms with Gasteiger partial charge in [-0.25, -0.2) is 0 Å². The first-order valence-electron chi connectivity index (χ1n) is 13.1. The van der Waals surface area contributed by atoms with Crippen molar-refractivity contribution in [2.45, 2.75) is 12.8 Å². The molecule has 0 aliphatic carbocycles. The molecule has 0 atom stereocenters. The van der Waals surface area contributed by atoms with Crippen molar-refractivity contribution in [3.05, 3.63) is 94.4 Å². The second-order valence-electron chi connectivity index (χ2n) is 9.46. The van der Waals surface area contributed by atoms with Gasteiger partial charge in [0.05, 0.1) is 30.4 Å². The Balaban J connectivity index is 1.30. The van der Waals surface area contributed by atoms with Gasteiger partial charge in [0.1, 0.15) is 10.9 Å². The van der Waals surface area contributed by atoms with Gasteiger partial charge < -0.3 is 14.8 Å². The molecule has 5 rings (SSSR count). The van der Waals surface area contributed by atoms with Gasteiger partial charge >= 0.3 is 0 Å². The Morgan fingerprint density at radius 3 is 2.34 bits per heavy atom. The lowest BCUT2D eigenvalue weighted by Crippen LogP contribution is -2.39. The largest absolute Gasteiger partial charge is 0.493 e. The molecule has 0 aromatic heterocycles. The first kappa shape index (κ1) is 28.4. The van der Waals surface area contributed by atoms with E-state index in [0.29, 0.717) is 53.0 Å². The number of nitrogens with one attached hydrogen (secondary N) is 1. The summed E-state index contributed by atoms with van der Waals surface area (Å²) < 4.78 is 11.1. The van der Waals surface area contributed by atoms with Crippen molar-refractivity contribution in [1.29, 1.82) is 0 Å². The van der Waals surface area contributed by atoms with Crippen LogP contribution in [0, 0.1) is 0 Å². The number of methoxy groups -OCH3 is 2. The van der Waals surface area contributed by atoms with E-state index < -0.39 is 0 Å². The van der Waals surface area contributed by atoms with Gasteiger partial charge in [-0.2, -0.15) is 0 Å². The van der Waals surface area contributed by atoms with Gasteiger partial charge in [-0.15, -0.1) is 0 Å². The number of nitrogens with zero attached hydrogens (tertiary/aromatic N) is 2. The number of thioether (sulfide) groups is 1. The van der Waals surface area contributed by atoms with Crippen molar-refractivity contribution in [2.75, 3.05) is 38.8 Å². The number of fused-ring (bicyclic) bond motifs is 1. The van der Waals surface area contributed by atoms with Crippen molar-refractivity contribution < 1.29 is 23.9 Å². The van der Waals surface area contributed by atoms with Gasteiger partial charge in [-0.05, 0) is 42.2 Å². The van der Waals surface area contributed by atoms with E-state index in [1.54, 1.807) is 26.4 Å². The summed E-state index contributed by atoms with van der Waals surface area (Å²) in [5.41, 5.74) is 3.57. The number of benzene rings is 3. The van der Waals surface area contributed by atoms with Gasteiger partial charge in [-0.1, -0.05) is 78.6 Å². The maximum atomic E-state index is 13.7. The van der Waals surface area contributed by atoms with Crippen LogP contribution in [0.3, 0.4) is 0 Å². The fourth-order valence-electron chi connectivity index (χ4n) is 4.87. The monoisotopic (exact) mass is 587 g/mol. The molecular weight excluding hydrogens is 558 g/mol. The van der Waals surface area contributed by atoms with E-state index >= 15 is 0 Å². The van der Waals surface area contributed by atoms with E-state index in [9.17, 15) is 14.4 Å². The average molecular weight is 588 g/mol. The van der Waals surface area contributed by atoms with Crippen molar-refractivity contribution in [3.63, 3.8) is 0 Å². The predicted molar refractivity (Wildman–Crippen MR) is 164 cm³/mol. The zero-order chi connectivity index (χ0) is 28.9. The van der Waals surface area contributed by atoms with E-state index in [1.807, 2.05) is 60.7 Å². The quantitative estimate of drug-likeness (QED) is 0.281. The number of carbonyl (C=O) groups excluding carboxylic acids is 3. The first-order chi connectivity index (χ1) is 19.9. The van der Waals surface area contributed by atoms with Gasteiger partial charge in [0, 0.05) is 18.7 Å². The number of hydrogen-bond donors (Lipinski definition) is 1. The molecule has 0 spiro atoms. The maximum Gasteiger partial charge on any atom is 0.267 e. The molecule has 2 aliphatic rings. The lowest BCUT2D eigenvalue weighted by Gasteiger charge is -2.17. The van der Waals surface area contributed by atoms with E-state index in [4.69, 9.17) is 21.7 Å². The fourth-order valence-corrected chi connectivity index (χ4v) is 6.25. The number of ether oxygens (including phenoxy) is 2. The molecule has 41 heavy (non-hydrogen) atoms. The van der Waals surface area contributed by atoms with Crippen LogP contribution in [0.2, 0.25) is 0 Å². The predicted octanol–water partition coefficient (Wildman–Crippen LogP) is 4.22. The third kappa shape index (κ3) is 5.98. The zero-order valence-corrected chi connectivity index (χ0v) is 24.3. The van der Waals surface area contributed by atoms with Crippen molar-refractivity contribution in [1.82, 2.24) is 10.2 Å². The Morgan fingerprint density at radius 1 is 0.854 bits per heavy atom. The second kappa shape index (κ2) is 12.6. The number of anilines is 1. The Kier molecular flexibility index (Phi) is 8.70. The topological polar surface area (TPSA) is 88.2 Å². The first-order valence-corrected chi connectivity index (χ1v) is 14.3. The second-order valence-corrected chi connectivity index (χ2v) is 11.1. The summed E-state index contributed by atoms with van der Waals surface area (Å²) in [6, 6.07) is 22.7. The lowest BCUT2D eigenvalue weighted by atomic mass is 10.1. The molecule has 2 aliphatic heterocycles. The third-order valence-electron chi connectivity index (χ3n) is 6.95. The summed E-state index contributed by atoms with van der Waals surface area (Å²) >= 11 is 6.68. The molecule has 2 heterocycles. The fraction of sp³-hybridized carbons (Fsp3) is 0.226. The SMILES string of the molecule is COc1ccc(CCN2C(=O)/C(=C3/C(=O)N(CC(=O)NCCc4ccccc4)c4ccccc43)SC2=S)cc1OC. The van der Waals surface area contributed by atoms with Crippen molar-refractivity contribution >= 4 is 57.3 Å². The third-order valence-corrected chi connectivity index (χ3v) is 8.40. The lowest BCUT2D eigenvalue weighted by molar-refractivity contribution is -0.122. The number of rotatable bonds is 10. The Morgan fingerprint density at radius 2 is 1.59 bits per heavy atom. The molecule has 10 heteroatoms. The molecule has 8 nitrogen and oxygen atoms in total. The van der Waals surface area contributed by atoms with Gasteiger partial charge in [0.25, 0.3) is 11.8 Å². The van der Waals surface area contributed by atoms with Crippen LogP contribution in [0.1, 0.15) is 16.7 Å². The zero-order valence-electron chi connectivity index (χ0n) is 22.7. The van der Waals surface area contributed by atoms with Gasteiger partial charge in [0.2, 0.25) is 5.91 Å². The molecule has 0 unspecified atom stereocenters. The van der Waals surface area contributed by atoms with Crippen LogP contribution in [0.15, 0.2) is 77.7 Å². The summed E-state index contributed by atoms with van der Waals surface area (Å²) in [4.78, 5) is 43.3. The highest BCUT2D eigenvalue weighted by Crippen LogP contribution is 2.44. The summed E-state index contributed by atoms with van der Waals surface area (Å²) in [7, 11) is 3.15. The highest BCUT2D eigenvalue weighted by Gasteiger charge is 2.42. The Labute approximate surface area is 248 Å². The molecule has 1 fully saturated rings. The van der Waals surface area contributed by atoms with Crippen LogP contribution >= 0.6 is 24.0 Å². The maximum absolute atomic E-state index is 13.7. The highest BCUT2D eigenvalue weighted by molar-refractivity contribution is 8.26. The molecule has 3 amide bonds. The molecule has 0 bridgehead atoms. The molecule has 0 saturated carbocycles. The van der Waals surface area contributed by atoms with E-state index in [0.717, 1.165) is 22.9 Å². The Hall–Kier alpha value is -4.15. The molecule has 3 aromatic carbocycles. The number of hydrogen-bond acceptors (Lipinski definition) is 7. The molecule has 210 valence electrons. The highest BCUT2D eigenvalue weighted by atomic mass is 32.2. The van der Waals surface area contributed by atoms with Crippen molar-refractivity contribution in [3.8, 4) is 11.5 Å². The summed E-state index contributed by atoms with van der Waals surface area (Å²) in [6.07, 6.45) is 1.23. The smallest absolute Gasteiger partial charge is 0.267 e. The van der Waals surface area contributed by atoms with Crippen LogP contribution in [-0.2, 0) is 27.2 Å². The molecular formula is C31H29N3O5S2. The van der Waals surface area contributed by atoms with Crippen molar-refractivity contribution in [2.24, 2.45) is 0 Å². The molecule has 1 N–H and O–H groups in total. The average Bonchev–Trinajstić information content (AvgIpc) is 3.42. The number of thiocarbonyl (C=S) groups is 1. The van der Waals surface area contributed by atoms with Gasteiger partial charge in [-0.3, -0.25) is 24.2 Å². The minimum atomic E-state index is -0.384. The minimum Gasteiger partial charge on any atom is -0.493 e. The summed E-state index contributed by atoms with van der Waals surface area (Å²) in [5, 5.41) is 2.90. The minimum absolute atomic E-state index is 0.145. The van der Waals surface area contributed by atoms with Crippen LogP contribution in [-0.4, -0.2) is 60.8 Å². The van der Waals surface area contributed by atoms with Crippen LogP contribution in [0.4, 0.5) is 5.69 Å². The van der Waals surface area contributed by atoms with E-state index in [-0.39, 0.29) is 34.7 Å². The van der Waals surface area contributed by atoms with Crippen LogP contribution in [0.25, 0.3) is 5.57 Å². The Bertz CT molecular complexity index is 1540. The summed E-state index contributed by atoms with van der Waals surface area (Å²) in [6.45, 7) is 0.659. The van der Waals surface area contributed by atoms with Gasteiger partial charge in [0.15, 0.2) is 11.5 Å². The molecule has 0 radical (unpaired) electrons. The van der Waals surface area contributed by atoms with E-state index in [2.05, 4.69) is 5.32 Å². The standard InChI is InChI=1S/C31H29N3O5S2/c1-38-24-13-12-21(18-25(24)39-2)15-17-33-30(37)28(41-31(33)40)27-22-10-6-7-11-23(22)34(29(27)36)19-26(35)32-16-14-20-8-4-3-5-9-20/h3-13,18H,14-17,19H2,1-2H3,(H,32,35)/b28-27-.